The highest BCUT2D eigenvalue weighted by molar-refractivity contribution is 6.04. The van der Waals surface area contributed by atoms with Crippen LogP contribution in [0.25, 0.3) is 22.5 Å². The number of hydrogen-bond donors (Lipinski definition) is 0. The molecule has 1 saturated heterocycles. The number of nitriles is 1. The van der Waals surface area contributed by atoms with Gasteiger partial charge in [0.15, 0.2) is 5.82 Å². The second kappa shape index (κ2) is 6.72. The van der Waals surface area contributed by atoms with Crippen molar-refractivity contribution in [1.82, 2.24) is 29.4 Å². The lowest BCUT2D eigenvalue weighted by Gasteiger charge is -2.23. The molecule has 0 bridgehead atoms. The molecule has 4 aromatic rings. The van der Waals surface area contributed by atoms with E-state index < -0.39 is 5.41 Å². The Hall–Kier alpha value is -4.06. The van der Waals surface area contributed by atoms with Crippen LogP contribution in [-0.2, 0) is 4.79 Å². The van der Waals surface area contributed by atoms with Gasteiger partial charge in [0, 0.05) is 36.6 Å². The molecule has 1 amide bonds. The van der Waals surface area contributed by atoms with Crippen molar-refractivity contribution in [3.63, 3.8) is 0 Å². The molecule has 4 aromatic heterocycles. The topological polar surface area (TPSA) is 105 Å². The molecule has 2 fully saturated rings. The smallest absolute Gasteiger partial charge is 0.249 e. The summed E-state index contributed by atoms with van der Waals surface area (Å²) in [5, 5.41) is 18.8. The monoisotopic (exact) mass is 424 g/mol. The van der Waals surface area contributed by atoms with Gasteiger partial charge in [0.25, 0.3) is 0 Å². The molecule has 9 nitrogen and oxygen atoms in total. The normalized spacial score (nSPS) is 23.1. The fraction of sp³-hybridized carbons (Fsp3) is 0.304. The van der Waals surface area contributed by atoms with E-state index in [1.165, 1.54) is 0 Å². The predicted molar refractivity (Wildman–Crippen MR) is 116 cm³/mol. The number of carbonyl (C=O) groups is 1. The van der Waals surface area contributed by atoms with Crippen LogP contribution in [0.3, 0.4) is 0 Å². The third-order valence-corrected chi connectivity index (χ3v) is 6.67. The van der Waals surface area contributed by atoms with Gasteiger partial charge in [-0.3, -0.25) is 14.7 Å². The van der Waals surface area contributed by atoms with E-state index in [9.17, 15) is 10.1 Å². The molecule has 1 aliphatic carbocycles. The van der Waals surface area contributed by atoms with Crippen molar-refractivity contribution >= 4 is 17.2 Å². The predicted octanol–water partition coefficient (Wildman–Crippen LogP) is 2.88. The maximum atomic E-state index is 13.6. The average Bonchev–Trinajstić information content (AvgIpc) is 3.26. The summed E-state index contributed by atoms with van der Waals surface area (Å²) < 4.78 is 3.48. The Kier molecular flexibility index (Phi) is 3.92. The zero-order valence-electron chi connectivity index (χ0n) is 17.5. The van der Waals surface area contributed by atoms with Crippen molar-refractivity contribution in [3.8, 4) is 23.0 Å². The minimum atomic E-state index is -0.957. The Bertz CT molecular complexity index is 1380. The molecule has 1 aliphatic heterocycles. The molecule has 6 rings (SSSR count). The van der Waals surface area contributed by atoms with E-state index in [1.807, 2.05) is 37.5 Å². The summed E-state index contributed by atoms with van der Waals surface area (Å²) in [4.78, 5) is 24.2. The number of rotatable bonds is 4. The van der Waals surface area contributed by atoms with Gasteiger partial charge in [0.05, 0.1) is 36.0 Å². The third-order valence-electron chi connectivity index (χ3n) is 6.67. The molecular formula is C23H20N8O. The van der Waals surface area contributed by atoms with E-state index in [2.05, 4.69) is 21.3 Å². The van der Waals surface area contributed by atoms with Crippen LogP contribution in [0, 0.1) is 28.6 Å². The Morgan fingerprint density at radius 2 is 1.94 bits per heavy atom. The molecule has 1 saturated carbocycles. The minimum Gasteiger partial charge on any atom is -0.293 e. The second-order valence-electron chi connectivity index (χ2n) is 8.56. The molecule has 5 heterocycles. The van der Waals surface area contributed by atoms with Gasteiger partial charge in [-0.2, -0.15) is 15.5 Å². The van der Waals surface area contributed by atoms with Gasteiger partial charge in [-0.1, -0.05) is 6.92 Å². The van der Waals surface area contributed by atoms with Crippen LogP contribution < -0.4 is 4.90 Å². The second-order valence-corrected chi connectivity index (χ2v) is 8.56. The molecule has 0 aromatic carbocycles. The highest BCUT2D eigenvalue weighted by Crippen LogP contribution is 2.54. The first-order chi connectivity index (χ1) is 15.6. The van der Waals surface area contributed by atoms with Crippen LogP contribution in [0.15, 0.2) is 55.4 Å². The van der Waals surface area contributed by atoms with Crippen molar-refractivity contribution in [3.05, 3.63) is 55.4 Å². The first-order valence-corrected chi connectivity index (χ1v) is 10.6. The zero-order chi connectivity index (χ0) is 21.9. The zero-order valence-corrected chi connectivity index (χ0v) is 17.5. The van der Waals surface area contributed by atoms with Crippen LogP contribution in [-0.4, -0.2) is 41.8 Å². The van der Waals surface area contributed by atoms with E-state index in [4.69, 9.17) is 4.98 Å². The lowest BCUT2D eigenvalue weighted by atomic mass is 9.75. The summed E-state index contributed by atoms with van der Waals surface area (Å²) in [5.41, 5.74) is 2.12. The van der Waals surface area contributed by atoms with Gasteiger partial charge >= 0.3 is 0 Å². The van der Waals surface area contributed by atoms with Gasteiger partial charge in [-0.15, -0.1) is 0 Å². The van der Waals surface area contributed by atoms with Gasteiger partial charge in [0.2, 0.25) is 5.91 Å². The van der Waals surface area contributed by atoms with Gasteiger partial charge < -0.3 is 0 Å². The highest BCUT2D eigenvalue weighted by atomic mass is 16.2. The van der Waals surface area contributed by atoms with Crippen molar-refractivity contribution in [1.29, 1.82) is 5.26 Å². The van der Waals surface area contributed by atoms with Crippen LogP contribution in [0.1, 0.15) is 19.8 Å². The van der Waals surface area contributed by atoms with Crippen LogP contribution in [0.5, 0.6) is 0 Å². The first kappa shape index (κ1) is 18.7. The molecule has 158 valence electrons. The number of amides is 1. The number of carbonyl (C=O) groups excluding carboxylic acids is 1. The SMILES string of the molecule is C[C@@H]1CN(c2nc(-c3cnn(-c4ccncc4)c3)cn3nccc23)C(=O)[C@]1(C#N)C1CC1. The van der Waals surface area contributed by atoms with E-state index in [-0.39, 0.29) is 17.7 Å². The van der Waals surface area contributed by atoms with Crippen molar-refractivity contribution in [2.24, 2.45) is 17.3 Å². The van der Waals surface area contributed by atoms with Gasteiger partial charge in [-0.05, 0) is 37.0 Å². The van der Waals surface area contributed by atoms with Crippen LogP contribution in [0.2, 0.25) is 0 Å². The molecule has 2 atom stereocenters. The summed E-state index contributed by atoms with van der Waals surface area (Å²) in [6.07, 6.45) is 12.4. The van der Waals surface area contributed by atoms with E-state index in [1.54, 1.807) is 38.9 Å². The average molecular weight is 424 g/mol. The third kappa shape index (κ3) is 2.59. The van der Waals surface area contributed by atoms with E-state index in [0.717, 1.165) is 29.6 Å². The molecule has 0 spiro atoms. The summed E-state index contributed by atoms with van der Waals surface area (Å²) >= 11 is 0. The molecule has 0 N–H and O–H groups in total. The fourth-order valence-corrected chi connectivity index (χ4v) is 4.82. The maximum Gasteiger partial charge on any atom is 0.249 e. The van der Waals surface area contributed by atoms with E-state index >= 15 is 0 Å². The van der Waals surface area contributed by atoms with Crippen LogP contribution in [0.4, 0.5) is 5.82 Å². The van der Waals surface area contributed by atoms with Crippen LogP contribution >= 0.6 is 0 Å². The Balaban J connectivity index is 1.44. The Labute approximate surface area is 183 Å². The summed E-state index contributed by atoms with van der Waals surface area (Å²) in [5.74, 6) is 0.472. The number of nitrogens with zero attached hydrogens (tertiary/aromatic N) is 8. The maximum absolute atomic E-state index is 13.6. The molecule has 0 radical (unpaired) electrons. The first-order valence-electron chi connectivity index (χ1n) is 10.6. The molecule has 32 heavy (non-hydrogen) atoms. The number of hydrogen-bond acceptors (Lipinski definition) is 6. The van der Waals surface area contributed by atoms with E-state index in [0.29, 0.717) is 18.1 Å². The Morgan fingerprint density at radius 3 is 2.69 bits per heavy atom. The van der Waals surface area contributed by atoms with Gasteiger partial charge in [0.1, 0.15) is 10.9 Å². The molecule has 2 aliphatic rings. The van der Waals surface area contributed by atoms with Gasteiger partial charge in [-0.25, -0.2) is 14.2 Å². The van der Waals surface area contributed by atoms with Crippen molar-refractivity contribution in [2.45, 2.75) is 19.8 Å². The number of anilines is 1. The standard InChI is InChI=1S/C23H20N8O/c1-15-11-29(22(32)23(15,14-24)17-2-3-17)21-20-6-9-26-31(20)13-19(28-21)16-10-27-30(12-16)18-4-7-25-8-5-18/h4-10,12-13,15,17H,2-3,11H2,1H3/t15-,23+/m1/s1. The summed E-state index contributed by atoms with van der Waals surface area (Å²) in [6.45, 7) is 2.46. The number of pyridine rings is 1. The largest absolute Gasteiger partial charge is 0.293 e. The highest BCUT2D eigenvalue weighted by Gasteiger charge is 2.61. The lowest BCUT2D eigenvalue weighted by molar-refractivity contribution is -0.124. The minimum absolute atomic E-state index is 0.0598. The van der Waals surface area contributed by atoms with Crippen molar-refractivity contribution < 1.29 is 4.79 Å². The summed E-state index contributed by atoms with van der Waals surface area (Å²) in [6, 6.07) is 7.97. The fourth-order valence-electron chi connectivity index (χ4n) is 4.82. The quantitative estimate of drug-likeness (QED) is 0.499. The molecule has 9 heteroatoms. The lowest BCUT2D eigenvalue weighted by Crippen LogP contribution is -2.37. The number of fused-ring (bicyclic) bond motifs is 1. The van der Waals surface area contributed by atoms with Crippen molar-refractivity contribution in [2.75, 3.05) is 11.4 Å². The number of aromatic nitrogens is 6. The molecular weight excluding hydrogens is 404 g/mol. The Morgan fingerprint density at radius 1 is 1.12 bits per heavy atom. The molecule has 0 unspecified atom stereocenters. The summed E-state index contributed by atoms with van der Waals surface area (Å²) in [7, 11) is 0.